The van der Waals surface area contributed by atoms with Crippen molar-refractivity contribution in [1.82, 2.24) is 24.3 Å². The third-order valence-electron chi connectivity index (χ3n) is 9.18. The summed E-state index contributed by atoms with van der Waals surface area (Å²) >= 11 is 0. The third kappa shape index (κ3) is 5.25. The molecule has 1 aromatic carbocycles. The molecule has 0 spiro atoms. The van der Waals surface area contributed by atoms with Crippen LogP contribution in [0.5, 0.6) is 0 Å². The Morgan fingerprint density at radius 3 is 2.38 bits per heavy atom. The van der Waals surface area contributed by atoms with Gasteiger partial charge in [-0.05, 0) is 80.8 Å². The Kier molecular flexibility index (Phi) is 7.49. The van der Waals surface area contributed by atoms with Crippen molar-refractivity contribution in [3.63, 3.8) is 0 Å². The van der Waals surface area contributed by atoms with Gasteiger partial charge in [0.2, 0.25) is 5.91 Å². The lowest BCUT2D eigenvalue weighted by Crippen LogP contribution is -2.58. The fraction of sp³-hybridized carbons (Fsp3) is 0.586. The standard InChI is InChI=1S/C29H42N8O3/c1-19(29-18-34(4)17-23(29)22(29)16-30)15-20-5-7-21(8-6-20)37-10-9-24(33-27(37)40)32-26(39)36-13-11-35(12-14-36)25(38)28(2,3)31/h5-10,19,22-23H,11-18,30-31H2,1-4H3,(H,32,33,39,40). The lowest BCUT2D eigenvalue weighted by atomic mass is 9.83. The summed E-state index contributed by atoms with van der Waals surface area (Å²) in [5.74, 6) is 1.91. The quantitative estimate of drug-likeness (QED) is 0.466. The largest absolute Gasteiger partial charge is 0.354 e. The predicted molar refractivity (Wildman–Crippen MR) is 154 cm³/mol. The number of aromatic nitrogens is 2. The van der Waals surface area contributed by atoms with E-state index in [2.05, 4.69) is 41.3 Å². The summed E-state index contributed by atoms with van der Waals surface area (Å²) in [7, 11) is 2.19. The molecule has 5 N–H and O–H groups in total. The molecule has 3 amide bonds. The van der Waals surface area contributed by atoms with Crippen molar-refractivity contribution in [1.29, 1.82) is 0 Å². The monoisotopic (exact) mass is 550 g/mol. The van der Waals surface area contributed by atoms with Crippen molar-refractivity contribution < 1.29 is 9.59 Å². The number of benzene rings is 1. The van der Waals surface area contributed by atoms with Gasteiger partial charge in [-0.2, -0.15) is 4.98 Å². The number of carbonyl (C=O) groups is 2. The van der Waals surface area contributed by atoms with Crippen LogP contribution in [-0.2, 0) is 11.2 Å². The number of urea groups is 1. The van der Waals surface area contributed by atoms with E-state index in [1.807, 2.05) is 12.1 Å². The van der Waals surface area contributed by atoms with Gasteiger partial charge in [-0.25, -0.2) is 9.59 Å². The Morgan fingerprint density at radius 2 is 1.77 bits per heavy atom. The molecule has 216 valence electrons. The van der Waals surface area contributed by atoms with Crippen LogP contribution in [0.4, 0.5) is 10.6 Å². The molecular weight excluding hydrogens is 508 g/mol. The van der Waals surface area contributed by atoms with Gasteiger partial charge in [-0.15, -0.1) is 0 Å². The first kappa shape index (κ1) is 28.3. The second-order valence-corrected chi connectivity index (χ2v) is 12.4. The molecule has 2 aliphatic heterocycles. The molecule has 4 atom stereocenters. The number of hydrogen-bond acceptors (Lipinski definition) is 7. The van der Waals surface area contributed by atoms with Gasteiger partial charge in [0, 0.05) is 45.5 Å². The number of piperazine rings is 1. The number of hydrogen-bond donors (Lipinski definition) is 3. The zero-order valence-corrected chi connectivity index (χ0v) is 24.0. The van der Waals surface area contributed by atoms with Crippen molar-refractivity contribution in [3.8, 4) is 5.69 Å². The normalized spacial score (nSPS) is 25.4. The van der Waals surface area contributed by atoms with E-state index in [1.165, 1.54) is 10.1 Å². The van der Waals surface area contributed by atoms with Crippen LogP contribution in [0.2, 0.25) is 0 Å². The van der Waals surface area contributed by atoms with Crippen molar-refractivity contribution in [2.24, 2.45) is 34.6 Å². The molecule has 1 aromatic heterocycles. The number of amides is 3. The number of anilines is 1. The first-order valence-corrected chi connectivity index (χ1v) is 14.2. The molecular formula is C29H42N8O3. The zero-order chi connectivity index (χ0) is 28.8. The number of likely N-dealkylation sites (tertiary alicyclic amines) is 1. The highest BCUT2D eigenvalue weighted by molar-refractivity contribution is 5.89. The fourth-order valence-corrected chi connectivity index (χ4v) is 7.01. The fourth-order valence-electron chi connectivity index (χ4n) is 7.01. The highest BCUT2D eigenvalue weighted by Crippen LogP contribution is 2.66. The summed E-state index contributed by atoms with van der Waals surface area (Å²) in [5.41, 5.74) is 12.9. The summed E-state index contributed by atoms with van der Waals surface area (Å²) in [6.45, 7) is 10.3. The zero-order valence-electron chi connectivity index (χ0n) is 24.0. The van der Waals surface area contributed by atoms with Crippen molar-refractivity contribution in [2.75, 3.05) is 58.2 Å². The lowest BCUT2D eigenvalue weighted by Gasteiger charge is -2.37. The molecule has 11 heteroatoms. The van der Waals surface area contributed by atoms with Crippen LogP contribution < -0.4 is 22.5 Å². The third-order valence-corrected chi connectivity index (χ3v) is 9.18. The predicted octanol–water partition coefficient (Wildman–Crippen LogP) is 0.961. The Morgan fingerprint density at radius 1 is 1.12 bits per heavy atom. The summed E-state index contributed by atoms with van der Waals surface area (Å²) in [4.78, 5) is 47.7. The number of carbonyl (C=O) groups excluding carboxylic acids is 2. The number of nitrogens with two attached hydrogens (primary N) is 2. The smallest absolute Gasteiger partial charge is 0.338 e. The molecule has 1 aliphatic carbocycles. The van der Waals surface area contributed by atoms with Crippen LogP contribution in [0.1, 0.15) is 26.3 Å². The summed E-state index contributed by atoms with van der Waals surface area (Å²) in [6, 6.07) is 9.29. The van der Waals surface area contributed by atoms with Crippen LogP contribution in [0.25, 0.3) is 5.69 Å². The maximum atomic E-state index is 12.8. The summed E-state index contributed by atoms with van der Waals surface area (Å²) in [6.07, 6.45) is 2.60. The van der Waals surface area contributed by atoms with Crippen LogP contribution in [0, 0.1) is 23.2 Å². The Balaban J connectivity index is 1.17. The van der Waals surface area contributed by atoms with Crippen molar-refractivity contribution >= 4 is 17.8 Å². The Hall–Kier alpha value is -3.28. The summed E-state index contributed by atoms with van der Waals surface area (Å²) in [5, 5.41) is 2.70. The molecule has 11 nitrogen and oxygen atoms in total. The van der Waals surface area contributed by atoms with E-state index in [1.54, 1.807) is 35.9 Å². The minimum atomic E-state index is -0.946. The van der Waals surface area contributed by atoms with Crippen molar-refractivity contribution in [2.45, 2.75) is 32.7 Å². The van der Waals surface area contributed by atoms with Gasteiger partial charge in [0.15, 0.2) is 0 Å². The number of fused-ring (bicyclic) bond motifs is 1. The molecule has 5 rings (SSSR count). The summed E-state index contributed by atoms with van der Waals surface area (Å²) < 4.78 is 1.47. The second-order valence-electron chi connectivity index (χ2n) is 12.4. The van der Waals surface area contributed by atoms with Crippen LogP contribution in [0.15, 0.2) is 41.3 Å². The average molecular weight is 551 g/mol. The van der Waals surface area contributed by atoms with Gasteiger partial charge in [0.25, 0.3) is 0 Å². The van der Waals surface area contributed by atoms with E-state index >= 15 is 0 Å². The molecule has 0 radical (unpaired) electrons. The molecule has 4 unspecified atom stereocenters. The maximum absolute atomic E-state index is 12.8. The molecule has 2 saturated heterocycles. The van der Waals surface area contributed by atoms with Gasteiger partial charge in [0.1, 0.15) is 5.82 Å². The van der Waals surface area contributed by atoms with Crippen LogP contribution in [0.3, 0.4) is 0 Å². The van der Waals surface area contributed by atoms with Crippen LogP contribution >= 0.6 is 0 Å². The van der Waals surface area contributed by atoms with E-state index < -0.39 is 11.2 Å². The first-order valence-electron chi connectivity index (χ1n) is 14.2. The van der Waals surface area contributed by atoms with Crippen molar-refractivity contribution in [3.05, 3.63) is 52.6 Å². The first-order chi connectivity index (χ1) is 18.9. The van der Waals surface area contributed by atoms with Crippen LogP contribution in [-0.4, -0.2) is 94.6 Å². The van der Waals surface area contributed by atoms with Gasteiger partial charge >= 0.3 is 11.7 Å². The average Bonchev–Trinajstić information content (AvgIpc) is 3.37. The van der Waals surface area contributed by atoms with E-state index in [4.69, 9.17) is 11.5 Å². The molecule has 3 aliphatic rings. The van der Waals surface area contributed by atoms with Gasteiger partial charge in [-0.1, -0.05) is 19.1 Å². The molecule has 3 heterocycles. The molecule has 3 fully saturated rings. The molecule has 1 saturated carbocycles. The second kappa shape index (κ2) is 10.6. The Labute approximate surface area is 235 Å². The molecule has 2 aromatic rings. The lowest BCUT2D eigenvalue weighted by molar-refractivity contribution is -0.137. The van der Waals surface area contributed by atoms with E-state index in [9.17, 15) is 14.4 Å². The molecule has 40 heavy (non-hydrogen) atoms. The van der Waals surface area contributed by atoms with Gasteiger partial charge in [-0.3, -0.25) is 14.7 Å². The number of nitrogens with one attached hydrogen (secondary N) is 1. The van der Waals surface area contributed by atoms with Gasteiger partial charge < -0.3 is 26.2 Å². The number of nitrogens with zero attached hydrogens (tertiary/aromatic N) is 5. The topological polar surface area (TPSA) is 143 Å². The van der Waals surface area contributed by atoms with E-state index in [0.29, 0.717) is 49.3 Å². The van der Waals surface area contributed by atoms with Gasteiger partial charge in [0.05, 0.1) is 11.2 Å². The number of rotatable bonds is 7. The minimum absolute atomic E-state index is 0.140. The van der Waals surface area contributed by atoms with E-state index in [0.717, 1.165) is 31.7 Å². The molecule has 0 bridgehead atoms. The van der Waals surface area contributed by atoms with E-state index in [-0.39, 0.29) is 17.8 Å². The number of piperidine rings is 1. The highest BCUT2D eigenvalue weighted by Gasteiger charge is 2.69. The maximum Gasteiger partial charge on any atom is 0.354 e. The Bertz CT molecular complexity index is 1310. The SMILES string of the molecule is CC(Cc1ccc(-n2ccc(NC(=O)N3CCN(C(=O)C(C)(C)N)CC3)nc2=O)cc1)C12CN(C)CC1C2CN. The highest BCUT2D eigenvalue weighted by atomic mass is 16.2. The minimum Gasteiger partial charge on any atom is -0.338 e.